The lowest BCUT2D eigenvalue weighted by molar-refractivity contribution is 0.431. The highest BCUT2D eigenvalue weighted by Crippen LogP contribution is 2.32. The molecule has 0 saturated heterocycles. The smallest absolute Gasteiger partial charge is 0.178 e. The fraction of sp³-hybridized carbons (Fsp3) is 0.538. The van der Waals surface area contributed by atoms with Crippen LogP contribution in [0, 0.1) is 0 Å². The van der Waals surface area contributed by atoms with E-state index in [0.717, 1.165) is 22.6 Å². The van der Waals surface area contributed by atoms with Crippen molar-refractivity contribution in [3.8, 4) is 0 Å². The number of fused-ring (bicyclic) bond motifs is 1. The number of rotatable bonds is 2. The number of hydrogen-bond donors (Lipinski definition) is 2. The standard InChI is InChI=1S/C13H18N4/c14-8-10-6-7-15-13-11(10)16-12(17-13)9-4-2-1-3-5-9/h6-7,9H,1-5,8,14H2,(H,15,16,17). The normalized spacial score (nSPS) is 17.7. The molecule has 4 nitrogen and oxygen atoms in total. The number of aromatic nitrogens is 3. The van der Waals surface area contributed by atoms with E-state index in [1.807, 2.05) is 6.07 Å². The van der Waals surface area contributed by atoms with Gasteiger partial charge in [0.15, 0.2) is 5.65 Å². The van der Waals surface area contributed by atoms with Crippen molar-refractivity contribution in [2.45, 2.75) is 44.6 Å². The second-order valence-electron chi connectivity index (χ2n) is 4.83. The van der Waals surface area contributed by atoms with E-state index in [0.29, 0.717) is 12.5 Å². The quantitative estimate of drug-likeness (QED) is 0.832. The number of nitrogens with zero attached hydrogens (tertiary/aromatic N) is 2. The van der Waals surface area contributed by atoms with Gasteiger partial charge in [-0.2, -0.15) is 0 Å². The van der Waals surface area contributed by atoms with Gasteiger partial charge in [-0.15, -0.1) is 0 Å². The van der Waals surface area contributed by atoms with Gasteiger partial charge in [0.2, 0.25) is 0 Å². The second kappa shape index (κ2) is 4.45. The van der Waals surface area contributed by atoms with Gasteiger partial charge in [-0.1, -0.05) is 19.3 Å². The second-order valence-corrected chi connectivity index (χ2v) is 4.83. The minimum absolute atomic E-state index is 0.533. The molecule has 1 aliphatic carbocycles. The minimum Gasteiger partial charge on any atom is -0.340 e. The fourth-order valence-electron chi connectivity index (χ4n) is 2.72. The van der Waals surface area contributed by atoms with Gasteiger partial charge < -0.3 is 10.7 Å². The van der Waals surface area contributed by atoms with Crippen molar-refractivity contribution in [3.63, 3.8) is 0 Å². The van der Waals surface area contributed by atoms with Crippen LogP contribution in [0.5, 0.6) is 0 Å². The Labute approximate surface area is 101 Å². The topological polar surface area (TPSA) is 67.6 Å². The average molecular weight is 230 g/mol. The highest BCUT2D eigenvalue weighted by atomic mass is 15.0. The summed E-state index contributed by atoms with van der Waals surface area (Å²) in [5, 5.41) is 0. The molecule has 4 heteroatoms. The van der Waals surface area contributed by atoms with Crippen LogP contribution in [0.3, 0.4) is 0 Å². The van der Waals surface area contributed by atoms with E-state index >= 15 is 0 Å². The predicted molar refractivity (Wildman–Crippen MR) is 67.6 cm³/mol. The number of nitrogens with two attached hydrogens (primary N) is 1. The summed E-state index contributed by atoms with van der Waals surface area (Å²) in [5.41, 5.74) is 8.67. The Kier molecular flexibility index (Phi) is 2.81. The number of imidazole rings is 1. The van der Waals surface area contributed by atoms with E-state index < -0.39 is 0 Å². The van der Waals surface area contributed by atoms with Crippen molar-refractivity contribution in [1.82, 2.24) is 15.0 Å². The third-order valence-corrected chi connectivity index (χ3v) is 3.71. The summed E-state index contributed by atoms with van der Waals surface area (Å²) < 4.78 is 0. The molecule has 0 aliphatic heterocycles. The number of nitrogens with one attached hydrogen (secondary N) is 1. The summed E-state index contributed by atoms with van der Waals surface area (Å²) in [6, 6.07) is 1.96. The predicted octanol–water partition coefficient (Wildman–Crippen LogP) is 2.46. The molecule has 17 heavy (non-hydrogen) atoms. The average Bonchev–Trinajstić information content (AvgIpc) is 2.83. The first-order valence-corrected chi connectivity index (χ1v) is 6.42. The fourth-order valence-corrected chi connectivity index (χ4v) is 2.72. The third kappa shape index (κ3) is 1.93. The maximum atomic E-state index is 5.73. The summed E-state index contributed by atoms with van der Waals surface area (Å²) >= 11 is 0. The third-order valence-electron chi connectivity index (χ3n) is 3.71. The maximum absolute atomic E-state index is 5.73. The molecule has 1 aliphatic rings. The first kappa shape index (κ1) is 10.7. The molecule has 3 rings (SSSR count). The zero-order valence-electron chi connectivity index (χ0n) is 9.95. The molecule has 0 bridgehead atoms. The number of hydrogen-bond acceptors (Lipinski definition) is 3. The Bertz CT molecular complexity index is 511. The number of H-pyrrole nitrogens is 1. The molecule has 2 aromatic rings. The van der Waals surface area contributed by atoms with E-state index in [9.17, 15) is 0 Å². The molecule has 3 N–H and O–H groups in total. The number of aromatic amines is 1. The van der Waals surface area contributed by atoms with Crippen molar-refractivity contribution < 1.29 is 0 Å². The lowest BCUT2D eigenvalue weighted by atomic mass is 9.89. The molecular formula is C13H18N4. The van der Waals surface area contributed by atoms with Gasteiger partial charge in [-0.05, 0) is 24.5 Å². The zero-order valence-corrected chi connectivity index (χ0v) is 9.95. The molecule has 2 aromatic heterocycles. The van der Waals surface area contributed by atoms with E-state index in [4.69, 9.17) is 5.73 Å². The Hall–Kier alpha value is -1.42. The summed E-state index contributed by atoms with van der Waals surface area (Å²) in [4.78, 5) is 12.4. The van der Waals surface area contributed by atoms with Gasteiger partial charge in [0, 0.05) is 18.7 Å². The molecule has 1 saturated carbocycles. The van der Waals surface area contributed by atoms with E-state index in [1.54, 1.807) is 6.20 Å². The monoisotopic (exact) mass is 230 g/mol. The van der Waals surface area contributed by atoms with Crippen LogP contribution in [0.15, 0.2) is 12.3 Å². The highest BCUT2D eigenvalue weighted by molar-refractivity contribution is 5.74. The van der Waals surface area contributed by atoms with Crippen LogP contribution >= 0.6 is 0 Å². The largest absolute Gasteiger partial charge is 0.340 e. The molecule has 0 aromatic carbocycles. The van der Waals surface area contributed by atoms with E-state index in [-0.39, 0.29) is 0 Å². The molecule has 0 amide bonds. The van der Waals surface area contributed by atoms with Crippen LogP contribution in [0.1, 0.15) is 49.4 Å². The molecule has 1 fully saturated rings. The van der Waals surface area contributed by atoms with E-state index in [1.165, 1.54) is 32.1 Å². The van der Waals surface area contributed by atoms with Gasteiger partial charge >= 0.3 is 0 Å². The van der Waals surface area contributed by atoms with Gasteiger partial charge in [-0.3, -0.25) is 0 Å². The van der Waals surface area contributed by atoms with Crippen molar-refractivity contribution in [3.05, 3.63) is 23.7 Å². The first-order chi connectivity index (χ1) is 8.38. The van der Waals surface area contributed by atoms with Crippen LogP contribution in [-0.4, -0.2) is 15.0 Å². The molecule has 0 atom stereocenters. The lowest BCUT2D eigenvalue weighted by Gasteiger charge is -2.18. The van der Waals surface area contributed by atoms with Crippen LogP contribution in [0.25, 0.3) is 11.2 Å². The lowest BCUT2D eigenvalue weighted by Crippen LogP contribution is -2.06. The molecule has 2 heterocycles. The van der Waals surface area contributed by atoms with Crippen molar-refractivity contribution in [1.29, 1.82) is 0 Å². The zero-order chi connectivity index (χ0) is 11.7. The van der Waals surface area contributed by atoms with Gasteiger partial charge in [0.05, 0.1) is 5.52 Å². The SMILES string of the molecule is NCc1ccnc2nc(C3CCCCC3)[nH]c12. The Morgan fingerprint density at radius 3 is 2.88 bits per heavy atom. The van der Waals surface area contributed by atoms with Crippen LogP contribution in [-0.2, 0) is 6.54 Å². The van der Waals surface area contributed by atoms with E-state index in [2.05, 4.69) is 15.0 Å². The Balaban J connectivity index is 2.00. The van der Waals surface area contributed by atoms with Crippen molar-refractivity contribution in [2.75, 3.05) is 0 Å². The summed E-state index contributed by atoms with van der Waals surface area (Å²) in [6.07, 6.45) is 8.28. The summed E-state index contributed by atoms with van der Waals surface area (Å²) in [7, 11) is 0. The molecular weight excluding hydrogens is 212 g/mol. The van der Waals surface area contributed by atoms with Gasteiger partial charge in [0.1, 0.15) is 5.82 Å². The van der Waals surface area contributed by atoms with Gasteiger partial charge in [0.25, 0.3) is 0 Å². The molecule has 0 unspecified atom stereocenters. The minimum atomic E-state index is 0.533. The highest BCUT2D eigenvalue weighted by Gasteiger charge is 2.19. The van der Waals surface area contributed by atoms with Crippen LogP contribution in [0.4, 0.5) is 0 Å². The van der Waals surface area contributed by atoms with Crippen molar-refractivity contribution >= 4 is 11.2 Å². The van der Waals surface area contributed by atoms with Crippen LogP contribution in [0.2, 0.25) is 0 Å². The molecule has 0 spiro atoms. The molecule has 90 valence electrons. The van der Waals surface area contributed by atoms with Gasteiger partial charge in [-0.25, -0.2) is 9.97 Å². The maximum Gasteiger partial charge on any atom is 0.178 e. The summed E-state index contributed by atoms with van der Waals surface area (Å²) in [5.74, 6) is 1.69. The summed E-state index contributed by atoms with van der Waals surface area (Å²) in [6.45, 7) is 0.533. The van der Waals surface area contributed by atoms with Crippen molar-refractivity contribution in [2.24, 2.45) is 5.73 Å². The Morgan fingerprint density at radius 1 is 1.29 bits per heavy atom. The first-order valence-electron chi connectivity index (χ1n) is 6.42. The number of pyridine rings is 1. The Morgan fingerprint density at radius 2 is 2.12 bits per heavy atom. The van der Waals surface area contributed by atoms with Crippen LogP contribution < -0.4 is 5.73 Å². The molecule has 0 radical (unpaired) electrons.